The zero-order chi connectivity index (χ0) is 18.3. The summed E-state index contributed by atoms with van der Waals surface area (Å²) in [7, 11) is 1.71. The van der Waals surface area contributed by atoms with E-state index in [9.17, 15) is 9.18 Å². The normalized spacial score (nSPS) is 31.9. The van der Waals surface area contributed by atoms with E-state index in [2.05, 4.69) is 23.5 Å². The van der Waals surface area contributed by atoms with Gasteiger partial charge in [-0.1, -0.05) is 23.8 Å². The Morgan fingerprint density at radius 1 is 1.38 bits per heavy atom. The smallest absolute Gasteiger partial charge is 0.226 e. The Hall–Kier alpha value is -2.14. The second-order valence-corrected chi connectivity index (χ2v) is 7.73. The van der Waals surface area contributed by atoms with Crippen LogP contribution in [0.25, 0.3) is 0 Å². The lowest BCUT2D eigenvalue weighted by molar-refractivity contribution is -0.126. The summed E-state index contributed by atoms with van der Waals surface area (Å²) in [5.41, 5.74) is 8.74. The van der Waals surface area contributed by atoms with Crippen molar-refractivity contribution in [2.24, 2.45) is 23.5 Å². The number of nitrogens with two attached hydrogens (primary N) is 1. The number of amides is 1. The molecule has 138 valence electrons. The fourth-order valence-electron chi connectivity index (χ4n) is 5.15. The van der Waals surface area contributed by atoms with E-state index in [1.54, 1.807) is 7.05 Å². The Bertz CT molecular complexity index is 771. The fraction of sp³-hybridized carbons (Fsp3) is 0.476. The van der Waals surface area contributed by atoms with Gasteiger partial charge < -0.3 is 15.8 Å². The second kappa shape index (κ2) is 6.54. The third kappa shape index (κ3) is 2.57. The number of hydrogen-bond acceptors (Lipinski definition) is 3. The number of allylic oxidation sites excluding steroid dienone is 1. The molecular weight excluding hydrogens is 331 g/mol. The van der Waals surface area contributed by atoms with Gasteiger partial charge in [0.1, 0.15) is 12.4 Å². The highest BCUT2D eigenvalue weighted by atomic mass is 19.1. The predicted molar refractivity (Wildman–Crippen MR) is 98.3 cm³/mol. The van der Waals surface area contributed by atoms with E-state index in [4.69, 9.17) is 10.5 Å². The van der Waals surface area contributed by atoms with Crippen LogP contribution in [0.5, 0.6) is 5.75 Å². The molecule has 6 rings (SSSR count). The zero-order valence-corrected chi connectivity index (χ0v) is 15.0. The van der Waals surface area contributed by atoms with Crippen LogP contribution >= 0.6 is 0 Å². The van der Waals surface area contributed by atoms with Crippen molar-refractivity contribution in [2.45, 2.75) is 24.7 Å². The highest BCUT2D eigenvalue weighted by Crippen LogP contribution is 2.66. The summed E-state index contributed by atoms with van der Waals surface area (Å²) in [6, 6.07) is 8.12. The Kier molecular flexibility index (Phi) is 4.35. The van der Waals surface area contributed by atoms with Gasteiger partial charge in [-0.2, -0.15) is 0 Å². The van der Waals surface area contributed by atoms with Crippen molar-refractivity contribution in [3.63, 3.8) is 0 Å². The van der Waals surface area contributed by atoms with E-state index < -0.39 is 0 Å². The summed E-state index contributed by atoms with van der Waals surface area (Å²) in [6.45, 7) is 0.321. The van der Waals surface area contributed by atoms with Gasteiger partial charge in [-0.3, -0.25) is 4.79 Å². The summed E-state index contributed by atoms with van der Waals surface area (Å²) >= 11 is 0. The molecular formula is C21H25FN2O2. The summed E-state index contributed by atoms with van der Waals surface area (Å²) in [5.74, 6) is 1.97. The highest BCUT2D eigenvalue weighted by molar-refractivity contribution is 5.81. The van der Waals surface area contributed by atoms with Gasteiger partial charge in [0, 0.05) is 24.6 Å². The van der Waals surface area contributed by atoms with Gasteiger partial charge in [-0.25, -0.2) is 4.39 Å². The van der Waals surface area contributed by atoms with Crippen LogP contribution in [0.2, 0.25) is 0 Å². The number of benzene rings is 1. The SMILES string of the molecule is CNC(=O)[C@@H]1C=C2C3CC1C[C@]2(c1ccc(OC/C(=C/F)CN)cc1)C3. The van der Waals surface area contributed by atoms with E-state index in [0.29, 0.717) is 29.5 Å². The van der Waals surface area contributed by atoms with Crippen molar-refractivity contribution in [2.75, 3.05) is 20.2 Å². The van der Waals surface area contributed by atoms with Crippen LogP contribution in [0.15, 0.2) is 47.8 Å². The minimum Gasteiger partial charge on any atom is -0.489 e. The first-order chi connectivity index (χ1) is 12.6. The largest absolute Gasteiger partial charge is 0.489 e. The molecule has 4 bridgehead atoms. The van der Waals surface area contributed by atoms with Gasteiger partial charge >= 0.3 is 0 Å². The molecule has 4 atom stereocenters. The molecule has 5 aliphatic carbocycles. The maximum absolute atomic E-state index is 12.6. The van der Waals surface area contributed by atoms with E-state index in [1.807, 2.05) is 12.1 Å². The van der Waals surface area contributed by atoms with E-state index in [1.165, 1.54) is 17.6 Å². The van der Waals surface area contributed by atoms with Gasteiger partial charge in [0.25, 0.3) is 0 Å². The topological polar surface area (TPSA) is 64.3 Å². The molecule has 3 fully saturated rings. The number of carbonyl (C=O) groups excluding carboxylic acids is 1. The molecule has 0 heterocycles. The van der Waals surface area contributed by atoms with E-state index in [-0.39, 0.29) is 30.4 Å². The van der Waals surface area contributed by atoms with Gasteiger partial charge in [0.15, 0.2) is 0 Å². The first-order valence-electron chi connectivity index (χ1n) is 9.26. The van der Waals surface area contributed by atoms with Crippen LogP contribution in [-0.4, -0.2) is 26.1 Å². The zero-order valence-electron chi connectivity index (χ0n) is 15.0. The fourth-order valence-corrected chi connectivity index (χ4v) is 5.15. The molecule has 4 nitrogen and oxygen atoms in total. The number of rotatable bonds is 6. The summed E-state index contributed by atoms with van der Waals surface area (Å²) in [6.07, 6.45) is 6.11. The molecule has 1 aromatic rings. The molecule has 0 radical (unpaired) electrons. The third-order valence-electron chi connectivity index (χ3n) is 6.45. The van der Waals surface area contributed by atoms with E-state index >= 15 is 0 Å². The Morgan fingerprint density at radius 2 is 2.15 bits per heavy atom. The maximum atomic E-state index is 12.6. The van der Waals surface area contributed by atoms with Crippen molar-refractivity contribution in [1.29, 1.82) is 0 Å². The number of hydrogen-bond donors (Lipinski definition) is 2. The number of carbonyl (C=O) groups is 1. The molecule has 26 heavy (non-hydrogen) atoms. The number of nitrogens with one attached hydrogen (secondary N) is 1. The molecule has 1 amide bonds. The van der Waals surface area contributed by atoms with Crippen LogP contribution in [-0.2, 0) is 10.2 Å². The minimum atomic E-state index is 0.0319. The third-order valence-corrected chi connectivity index (χ3v) is 6.45. The van der Waals surface area contributed by atoms with Crippen LogP contribution in [0, 0.1) is 17.8 Å². The summed E-state index contributed by atoms with van der Waals surface area (Å²) < 4.78 is 18.2. The second-order valence-electron chi connectivity index (χ2n) is 7.73. The number of halogens is 1. The molecule has 0 aliphatic heterocycles. The average molecular weight is 356 g/mol. The molecule has 1 aromatic carbocycles. The lowest BCUT2D eigenvalue weighted by atomic mass is 9.41. The summed E-state index contributed by atoms with van der Waals surface area (Å²) in [4.78, 5) is 12.1. The standard InChI is InChI=1S/C21H25FN2O2/c1-24-20(25)18-7-19-15-6-14(18)8-21(19,9-15)16-2-4-17(5-3-16)26-12-13(10-22)11-23/h2-5,7,10,14-15,18H,6,8-9,11-12,23H2,1H3,(H,24,25)/b13-10+/t14?,15?,18-,21-/m1/s1. The van der Waals surface area contributed by atoms with Crippen LogP contribution in [0.1, 0.15) is 24.8 Å². The van der Waals surface area contributed by atoms with E-state index in [0.717, 1.165) is 12.8 Å². The van der Waals surface area contributed by atoms with Crippen LogP contribution in [0.3, 0.4) is 0 Å². The molecule has 0 saturated heterocycles. The predicted octanol–water partition coefficient (Wildman–Crippen LogP) is 2.85. The van der Waals surface area contributed by atoms with Crippen molar-refractivity contribution in [1.82, 2.24) is 5.32 Å². The molecule has 3 N–H and O–H groups in total. The lowest BCUT2D eigenvalue weighted by Crippen LogP contribution is -2.57. The molecule has 2 unspecified atom stereocenters. The number of ether oxygens (including phenoxy) is 1. The van der Waals surface area contributed by atoms with Crippen molar-refractivity contribution in [3.05, 3.63) is 53.4 Å². The highest BCUT2D eigenvalue weighted by Gasteiger charge is 2.60. The molecule has 0 spiro atoms. The van der Waals surface area contributed by atoms with Crippen LogP contribution < -0.4 is 15.8 Å². The molecule has 5 aliphatic rings. The first-order valence-corrected chi connectivity index (χ1v) is 9.26. The minimum absolute atomic E-state index is 0.0319. The van der Waals surface area contributed by atoms with Crippen molar-refractivity contribution in [3.8, 4) is 5.75 Å². The molecule has 5 heteroatoms. The van der Waals surface area contributed by atoms with Crippen LogP contribution in [0.4, 0.5) is 4.39 Å². The van der Waals surface area contributed by atoms with Gasteiger partial charge in [-0.15, -0.1) is 0 Å². The van der Waals surface area contributed by atoms with Gasteiger partial charge in [0.2, 0.25) is 5.91 Å². The van der Waals surface area contributed by atoms with Crippen molar-refractivity contribution < 1.29 is 13.9 Å². The monoisotopic (exact) mass is 356 g/mol. The quantitative estimate of drug-likeness (QED) is 0.771. The average Bonchev–Trinajstić information content (AvgIpc) is 2.68. The molecule has 3 saturated carbocycles. The molecule has 0 aromatic heterocycles. The summed E-state index contributed by atoms with van der Waals surface area (Å²) in [5, 5.41) is 2.80. The van der Waals surface area contributed by atoms with Crippen molar-refractivity contribution >= 4 is 5.91 Å². The Balaban J connectivity index is 1.51. The maximum Gasteiger partial charge on any atom is 0.226 e. The Labute approximate surface area is 153 Å². The lowest BCUT2D eigenvalue weighted by Gasteiger charge is -2.62. The van der Waals surface area contributed by atoms with Gasteiger partial charge in [-0.05, 0) is 48.8 Å². The Morgan fingerprint density at radius 3 is 2.73 bits per heavy atom. The van der Waals surface area contributed by atoms with Gasteiger partial charge in [0.05, 0.1) is 12.2 Å². The first kappa shape index (κ1) is 17.3. The number of fused-ring (bicyclic) bond motifs is 1.